The summed E-state index contributed by atoms with van der Waals surface area (Å²) in [7, 11) is 1.52. The number of allylic oxidation sites excluding steroid dienone is 5. The van der Waals surface area contributed by atoms with E-state index in [9.17, 15) is 9.59 Å². The van der Waals surface area contributed by atoms with Crippen LogP contribution in [0.2, 0.25) is 0 Å². The highest BCUT2D eigenvalue weighted by Crippen LogP contribution is 2.13. The van der Waals surface area contributed by atoms with E-state index in [4.69, 9.17) is 10.5 Å². The molecule has 0 aromatic heterocycles. The highest BCUT2D eigenvalue weighted by molar-refractivity contribution is 5.78. The van der Waals surface area contributed by atoms with Crippen molar-refractivity contribution in [1.82, 2.24) is 4.90 Å². The molecule has 176 valence electrons. The van der Waals surface area contributed by atoms with Gasteiger partial charge in [0.05, 0.1) is 0 Å². The molecule has 0 bridgehead atoms. The SMILES string of the molecule is C=C/C=C(\C=C/C)CN1CCCCCC1=O.CCC(C)/C=C/CCCC(OC)C(N)=O. The number of carbonyl (C=O) groups is 2. The number of nitrogens with two attached hydrogens (primary N) is 1. The number of nitrogens with zero attached hydrogens (tertiary/aromatic N) is 1. The minimum Gasteiger partial charge on any atom is -0.372 e. The van der Waals surface area contributed by atoms with E-state index in [0.717, 1.165) is 44.3 Å². The van der Waals surface area contributed by atoms with Gasteiger partial charge in [0.25, 0.3) is 0 Å². The van der Waals surface area contributed by atoms with E-state index in [-0.39, 0.29) is 11.8 Å². The van der Waals surface area contributed by atoms with E-state index in [1.807, 2.05) is 30.1 Å². The Hall–Kier alpha value is -2.14. The molecule has 1 heterocycles. The van der Waals surface area contributed by atoms with Gasteiger partial charge in [0, 0.05) is 26.6 Å². The van der Waals surface area contributed by atoms with Gasteiger partial charge in [-0.2, -0.15) is 0 Å². The van der Waals surface area contributed by atoms with Gasteiger partial charge in [-0.15, -0.1) is 0 Å². The van der Waals surface area contributed by atoms with Crippen molar-refractivity contribution in [3.8, 4) is 0 Å². The van der Waals surface area contributed by atoms with Crippen LogP contribution in [0.3, 0.4) is 0 Å². The lowest BCUT2D eigenvalue weighted by Crippen LogP contribution is -2.31. The van der Waals surface area contributed by atoms with E-state index in [2.05, 4.69) is 32.6 Å². The Morgan fingerprint density at radius 3 is 2.65 bits per heavy atom. The Morgan fingerprint density at radius 2 is 2.06 bits per heavy atom. The Labute approximate surface area is 190 Å². The molecule has 2 N–H and O–H groups in total. The van der Waals surface area contributed by atoms with Gasteiger partial charge in [-0.05, 0) is 50.5 Å². The average molecular weight is 433 g/mol. The van der Waals surface area contributed by atoms with Crippen LogP contribution in [0.25, 0.3) is 0 Å². The minimum absolute atomic E-state index is 0.289. The number of amides is 2. The molecule has 5 nitrogen and oxygen atoms in total. The molecule has 1 aliphatic heterocycles. The standard InChI is InChI=1S/C14H21NO.C12H23NO2/c1-3-8-13(9-4-2)12-15-11-7-5-6-10-14(15)16;1-4-10(2)8-6-5-7-9-11(15-3)12(13)14/h3-4,8-9H,1,5-7,10-12H2,2H3;6,8,10-11H,4-5,7,9H2,1-3H3,(H2,13,14)/b9-4-,13-8+;8-6+. The van der Waals surface area contributed by atoms with Crippen molar-refractivity contribution in [3.63, 3.8) is 0 Å². The van der Waals surface area contributed by atoms with Gasteiger partial charge in [0.1, 0.15) is 6.10 Å². The fraction of sp³-hybridized carbons (Fsp3) is 0.615. The van der Waals surface area contributed by atoms with Crippen LogP contribution in [0.15, 0.2) is 48.6 Å². The molecule has 1 saturated heterocycles. The number of rotatable bonds is 12. The van der Waals surface area contributed by atoms with Gasteiger partial charge in [0.2, 0.25) is 11.8 Å². The summed E-state index contributed by atoms with van der Waals surface area (Å²) in [6.07, 6.45) is 19.6. The van der Waals surface area contributed by atoms with Crippen LogP contribution in [0, 0.1) is 5.92 Å². The van der Waals surface area contributed by atoms with Crippen LogP contribution >= 0.6 is 0 Å². The normalized spacial score (nSPS) is 17.2. The van der Waals surface area contributed by atoms with Crippen molar-refractivity contribution >= 4 is 11.8 Å². The lowest BCUT2D eigenvalue weighted by atomic mass is 10.1. The highest BCUT2D eigenvalue weighted by Gasteiger charge is 2.16. The third kappa shape index (κ3) is 14.5. The summed E-state index contributed by atoms with van der Waals surface area (Å²) in [5, 5.41) is 0. The Balaban J connectivity index is 0.000000582. The molecule has 0 aromatic rings. The number of carbonyl (C=O) groups excluding carboxylic acids is 2. The molecule has 5 heteroatoms. The third-order valence-electron chi connectivity index (χ3n) is 5.31. The first-order valence-electron chi connectivity index (χ1n) is 11.6. The fourth-order valence-electron chi connectivity index (χ4n) is 3.21. The van der Waals surface area contributed by atoms with Gasteiger partial charge in [-0.3, -0.25) is 9.59 Å². The summed E-state index contributed by atoms with van der Waals surface area (Å²) in [4.78, 5) is 24.6. The molecule has 31 heavy (non-hydrogen) atoms. The zero-order chi connectivity index (χ0) is 23.5. The van der Waals surface area contributed by atoms with Crippen LogP contribution < -0.4 is 5.73 Å². The first-order chi connectivity index (χ1) is 14.9. The molecule has 0 spiro atoms. The lowest BCUT2D eigenvalue weighted by Gasteiger charge is -2.20. The third-order valence-corrected chi connectivity index (χ3v) is 5.31. The molecule has 1 rings (SSSR count). The molecule has 0 saturated carbocycles. The number of primary amides is 1. The molecule has 0 radical (unpaired) electrons. The smallest absolute Gasteiger partial charge is 0.246 e. The van der Waals surface area contributed by atoms with Crippen LogP contribution in [-0.2, 0) is 14.3 Å². The molecule has 2 amide bonds. The Kier molecular flexibility index (Phi) is 17.3. The predicted molar refractivity (Wildman–Crippen MR) is 131 cm³/mol. The number of methoxy groups -OCH3 is 1. The molecule has 0 aliphatic carbocycles. The topological polar surface area (TPSA) is 72.6 Å². The van der Waals surface area contributed by atoms with E-state index in [0.29, 0.717) is 18.8 Å². The van der Waals surface area contributed by atoms with Crippen molar-refractivity contribution in [2.24, 2.45) is 11.7 Å². The van der Waals surface area contributed by atoms with Crippen molar-refractivity contribution in [2.45, 2.75) is 78.2 Å². The van der Waals surface area contributed by atoms with Crippen LogP contribution in [0.1, 0.15) is 72.1 Å². The molecule has 2 unspecified atom stereocenters. The molecular formula is C26H44N2O3. The largest absolute Gasteiger partial charge is 0.372 e. The summed E-state index contributed by atoms with van der Waals surface area (Å²) in [6, 6.07) is 0. The summed E-state index contributed by atoms with van der Waals surface area (Å²) in [5.74, 6) is 0.555. The summed E-state index contributed by atoms with van der Waals surface area (Å²) < 4.78 is 4.96. The quantitative estimate of drug-likeness (QED) is 0.257. The van der Waals surface area contributed by atoms with Crippen molar-refractivity contribution in [2.75, 3.05) is 20.2 Å². The van der Waals surface area contributed by atoms with Crippen molar-refractivity contribution < 1.29 is 14.3 Å². The molecule has 1 aliphatic rings. The maximum absolute atomic E-state index is 11.8. The van der Waals surface area contributed by atoms with Crippen LogP contribution in [0.5, 0.6) is 0 Å². The average Bonchev–Trinajstić information content (AvgIpc) is 2.95. The van der Waals surface area contributed by atoms with Crippen LogP contribution in [0.4, 0.5) is 0 Å². The predicted octanol–water partition coefficient (Wildman–Crippen LogP) is 5.34. The molecular weight excluding hydrogens is 388 g/mol. The zero-order valence-electron chi connectivity index (χ0n) is 20.1. The van der Waals surface area contributed by atoms with Gasteiger partial charge >= 0.3 is 0 Å². The number of unbranched alkanes of at least 4 members (excludes halogenated alkanes) is 1. The summed E-state index contributed by atoms with van der Waals surface area (Å²) >= 11 is 0. The number of ether oxygens (including phenoxy) is 1. The van der Waals surface area contributed by atoms with E-state index < -0.39 is 6.10 Å². The van der Waals surface area contributed by atoms with E-state index in [1.165, 1.54) is 20.0 Å². The van der Waals surface area contributed by atoms with Gasteiger partial charge < -0.3 is 15.4 Å². The maximum Gasteiger partial charge on any atom is 0.246 e. The molecule has 0 aromatic carbocycles. The second-order valence-corrected chi connectivity index (χ2v) is 7.97. The van der Waals surface area contributed by atoms with E-state index in [1.54, 1.807) is 6.08 Å². The maximum atomic E-state index is 11.8. The number of hydrogen-bond acceptors (Lipinski definition) is 3. The fourth-order valence-corrected chi connectivity index (χ4v) is 3.21. The molecule has 1 fully saturated rings. The van der Waals surface area contributed by atoms with Gasteiger partial charge in [-0.1, -0.05) is 69.7 Å². The second kappa shape index (κ2) is 18.6. The monoisotopic (exact) mass is 432 g/mol. The molecule has 2 atom stereocenters. The van der Waals surface area contributed by atoms with Crippen molar-refractivity contribution in [1.29, 1.82) is 0 Å². The van der Waals surface area contributed by atoms with Gasteiger partial charge in [-0.25, -0.2) is 0 Å². The van der Waals surface area contributed by atoms with Gasteiger partial charge in [0.15, 0.2) is 0 Å². The lowest BCUT2D eigenvalue weighted by molar-refractivity contribution is -0.130. The Bertz CT molecular complexity index is 608. The minimum atomic E-state index is -0.429. The van der Waals surface area contributed by atoms with Crippen LogP contribution in [-0.4, -0.2) is 43.0 Å². The van der Waals surface area contributed by atoms with E-state index >= 15 is 0 Å². The number of hydrogen-bond donors (Lipinski definition) is 1. The second-order valence-electron chi connectivity index (χ2n) is 7.97. The Morgan fingerprint density at radius 1 is 1.32 bits per heavy atom. The first-order valence-corrected chi connectivity index (χ1v) is 11.6. The van der Waals surface area contributed by atoms with Crippen molar-refractivity contribution in [3.05, 3.63) is 48.6 Å². The first kappa shape index (κ1) is 28.9. The number of likely N-dealkylation sites (tertiary alicyclic amines) is 1. The zero-order valence-corrected chi connectivity index (χ0v) is 20.1. The summed E-state index contributed by atoms with van der Waals surface area (Å²) in [5.41, 5.74) is 6.30. The summed E-state index contributed by atoms with van der Waals surface area (Å²) in [6.45, 7) is 11.7. The highest BCUT2D eigenvalue weighted by atomic mass is 16.5.